The molecule has 2 aromatic heterocycles. The summed E-state index contributed by atoms with van der Waals surface area (Å²) in [6.45, 7) is 14.0. The summed E-state index contributed by atoms with van der Waals surface area (Å²) in [6, 6.07) is 5.38. The van der Waals surface area contributed by atoms with Gasteiger partial charge in [-0.05, 0) is 82.9 Å². The topological polar surface area (TPSA) is 123 Å². The second-order valence-corrected chi connectivity index (χ2v) is 15.0. The van der Waals surface area contributed by atoms with Crippen molar-refractivity contribution in [1.29, 1.82) is 0 Å². The Morgan fingerprint density at radius 1 is 1.11 bits per heavy atom. The normalized spacial score (nSPS) is 23.2. The van der Waals surface area contributed by atoms with E-state index >= 15 is 0 Å². The Bertz CT molecular complexity index is 1570. The van der Waals surface area contributed by atoms with Crippen LogP contribution in [0.4, 0.5) is 15.0 Å². The van der Waals surface area contributed by atoms with Crippen molar-refractivity contribution in [3.63, 3.8) is 0 Å². The van der Waals surface area contributed by atoms with Crippen molar-refractivity contribution in [2.75, 3.05) is 31.1 Å². The molecule has 0 radical (unpaired) electrons. The summed E-state index contributed by atoms with van der Waals surface area (Å²) in [5.41, 5.74) is 0.202. The summed E-state index contributed by atoms with van der Waals surface area (Å²) < 4.78 is 28.2. The zero-order valence-electron chi connectivity index (χ0n) is 27.3. The second-order valence-electron chi connectivity index (χ2n) is 15.0. The van der Waals surface area contributed by atoms with Crippen molar-refractivity contribution in [2.24, 2.45) is 17.3 Å². The van der Waals surface area contributed by atoms with Crippen LogP contribution in [0.2, 0.25) is 0 Å². The van der Waals surface area contributed by atoms with E-state index in [1.165, 1.54) is 18.5 Å². The van der Waals surface area contributed by atoms with Crippen molar-refractivity contribution in [3.8, 4) is 23.0 Å². The van der Waals surface area contributed by atoms with Gasteiger partial charge in [-0.2, -0.15) is 0 Å². The molecule has 2 aliphatic carbocycles. The van der Waals surface area contributed by atoms with Gasteiger partial charge in [-0.1, -0.05) is 13.8 Å². The standard InChI is InChI=1S/C33H44FN9O3/c1-20(2)27(21-12-23(13-21)38-31(44)46-32(3,4)5)42-16-33(17-42)10-11-41(15-33)29-30(40-36-18-35-29)45-26-9-6-22(34)14-25(26)28-39-37-19-43(28)24-7-8-24/h6,9,14,18-21,23-24,27H,7-8,10-13,15-17H2,1-5H3,(H,38,44)/t21?,23?,27-/m1/s1. The number of anilines is 1. The van der Waals surface area contributed by atoms with Crippen LogP contribution in [0, 0.1) is 23.1 Å². The number of carbonyl (C=O) groups is 1. The number of ether oxygens (including phenoxy) is 2. The van der Waals surface area contributed by atoms with Gasteiger partial charge in [-0.3, -0.25) is 4.90 Å². The molecule has 1 atom stereocenters. The molecule has 13 heteroatoms. The molecule has 0 bridgehead atoms. The van der Waals surface area contributed by atoms with Gasteiger partial charge in [0.1, 0.15) is 29.8 Å². The number of aromatic nitrogens is 6. The summed E-state index contributed by atoms with van der Waals surface area (Å²) in [4.78, 5) is 21.7. The number of likely N-dealkylation sites (tertiary alicyclic amines) is 1. The minimum Gasteiger partial charge on any atom is -0.444 e. The molecule has 1 N–H and O–H groups in total. The highest BCUT2D eigenvalue weighted by atomic mass is 19.1. The van der Waals surface area contributed by atoms with E-state index in [0.29, 0.717) is 52.8 Å². The molecule has 4 aliphatic rings. The molecular formula is C33H44FN9O3. The number of rotatable bonds is 9. The lowest BCUT2D eigenvalue weighted by Crippen LogP contribution is -2.65. The van der Waals surface area contributed by atoms with Crippen LogP contribution in [0.15, 0.2) is 30.9 Å². The monoisotopic (exact) mass is 633 g/mol. The van der Waals surface area contributed by atoms with Crippen molar-refractivity contribution < 1.29 is 18.7 Å². The van der Waals surface area contributed by atoms with E-state index in [-0.39, 0.29) is 23.4 Å². The molecule has 46 heavy (non-hydrogen) atoms. The third-order valence-corrected chi connectivity index (χ3v) is 9.77. The number of nitrogens with one attached hydrogen (secondary N) is 1. The van der Waals surface area contributed by atoms with Crippen LogP contribution >= 0.6 is 0 Å². The lowest BCUT2D eigenvalue weighted by molar-refractivity contribution is -0.0691. The molecule has 0 unspecified atom stereocenters. The van der Waals surface area contributed by atoms with Gasteiger partial charge >= 0.3 is 6.09 Å². The molecule has 1 amide bonds. The Hall–Kier alpha value is -3.87. The number of carbonyl (C=O) groups excluding carboxylic acids is 1. The van der Waals surface area contributed by atoms with E-state index in [1.807, 2.05) is 25.3 Å². The minimum absolute atomic E-state index is 0.175. The summed E-state index contributed by atoms with van der Waals surface area (Å²) in [5, 5.41) is 19.8. The Balaban J connectivity index is 0.999. The number of halogens is 1. The first-order valence-electron chi connectivity index (χ1n) is 16.5. The molecule has 7 rings (SSSR count). The van der Waals surface area contributed by atoms with Gasteiger partial charge in [-0.15, -0.1) is 20.4 Å². The largest absolute Gasteiger partial charge is 0.444 e. The van der Waals surface area contributed by atoms with Crippen molar-refractivity contribution in [2.45, 2.75) is 90.4 Å². The quantitative estimate of drug-likeness (QED) is 0.335. The molecule has 246 valence electrons. The average molecular weight is 634 g/mol. The van der Waals surface area contributed by atoms with Crippen LogP contribution in [0.5, 0.6) is 11.6 Å². The number of benzene rings is 1. The van der Waals surface area contributed by atoms with Gasteiger partial charge in [0.15, 0.2) is 11.6 Å². The fourth-order valence-corrected chi connectivity index (χ4v) is 7.66. The lowest BCUT2D eigenvalue weighted by atomic mass is 9.68. The van der Waals surface area contributed by atoms with Crippen LogP contribution in [0.25, 0.3) is 11.4 Å². The molecule has 4 heterocycles. The molecular weight excluding hydrogens is 589 g/mol. The second kappa shape index (κ2) is 11.7. The molecule has 2 saturated carbocycles. The Morgan fingerprint density at radius 3 is 2.61 bits per heavy atom. The summed E-state index contributed by atoms with van der Waals surface area (Å²) in [7, 11) is 0. The van der Waals surface area contributed by atoms with Crippen LogP contribution in [-0.4, -0.2) is 84.8 Å². The van der Waals surface area contributed by atoms with E-state index in [1.54, 1.807) is 12.4 Å². The SMILES string of the molecule is CC(C)[C@H](C1CC(NC(=O)OC(C)(C)C)C1)N1CC2(CCN(c3ncnnc3Oc3ccc(F)cc3-c3nncn3C3CC3)C2)C1. The first-order valence-corrected chi connectivity index (χ1v) is 16.5. The highest BCUT2D eigenvalue weighted by Crippen LogP contribution is 2.48. The van der Waals surface area contributed by atoms with Crippen LogP contribution < -0.4 is 15.0 Å². The van der Waals surface area contributed by atoms with E-state index in [2.05, 4.69) is 54.3 Å². The summed E-state index contributed by atoms with van der Waals surface area (Å²) in [5.74, 6) is 2.63. The van der Waals surface area contributed by atoms with Gasteiger partial charge in [0.05, 0.1) is 5.56 Å². The highest BCUT2D eigenvalue weighted by Gasteiger charge is 2.53. The minimum atomic E-state index is -0.495. The van der Waals surface area contributed by atoms with Crippen LogP contribution in [0.1, 0.15) is 72.8 Å². The van der Waals surface area contributed by atoms with Crippen molar-refractivity contribution in [3.05, 3.63) is 36.7 Å². The fraction of sp³-hybridized carbons (Fsp3) is 0.636. The van der Waals surface area contributed by atoms with Gasteiger partial charge in [-0.25, -0.2) is 14.2 Å². The predicted molar refractivity (Wildman–Crippen MR) is 169 cm³/mol. The molecule has 2 aliphatic heterocycles. The zero-order chi connectivity index (χ0) is 32.2. The maximum atomic E-state index is 14.4. The zero-order valence-corrected chi connectivity index (χ0v) is 27.3. The number of nitrogens with zero attached hydrogens (tertiary/aromatic N) is 8. The van der Waals surface area contributed by atoms with E-state index in [4.69, 9.17) is 9.47 Å². The van der Waals surface area contributed by atoms with Gasteiger partial charge < -0.3 is 24.3 Å². The molecule has 3 aromatic rings. The third kappa shape index (κ3) is 6.25. The third-order valence-electron chi connectivity index (χ3n) is 9.77. The van der Waals surface area contributed by atoms with Gasteiger partial charge in [0.2, 0.25) is 0 Å². The van der Waals surface area contributed by atoms with Crippen LogP contribution in [0.3, 0.4) is 0 Å². The molecule has 1 aromatic carbocycles. The molecule has 1 spiro atoms. The van der Waals surface area contributed by atoms with Gasteiger partial charge in [0, 0.05) is 49.7 Å². The van der Waals surface area contributed by atoms with E-state index in [9.17, 15) is 9.18 Å². The molecule has 2 saturated heterocycles. The van der Waals surface area contributed by atoms with Crippen molar-refractivity contribution in [1.82, 2.24) is 40.2 Å². The fourth-order valence-electron chi connectivity index (χ4n) is 7.66. The summed E-state index contributed by atoms with van der Waals surface area (Å²) >= 11 is 0. The van der Waals surface area contributed by atoms with E-state index < -0.39 is 5.60 Å². The highest BCUT2D eigenvalue weighted by molar-refractivity contribution is 5.68. The van der Waals surface area contributed by atoms with Crippen molar-refractivity contribution >= 4 is 11.9 Å². The maximum Gasteiger partial charge on any atom is 0.407 e. The smallest absolute Gasteiger partial charge is 0.407 e. The Labute approximate surface area is 269 Å². The average Bonchev–Trinajstić information content (AvgIpc) is 3.50. The number of alkyl carbamates (subject to hydrolysis) is 1. The first-order chi connectivity index (χ1) is 22.0. The maximum absolute atomic E-state index is 14.4. The number of amides is 1. The first kappa shape index (κ1) is 30.8. The Morgan fingerprint density at radius 2 is 1.89 bits per heavy atom. The number of hydrogen-bond acceptors (Lipinski definition) is 10. The number of hydrogen-bond donors (Lipinski definition) is 1. The lowest BCUT2D eigenvalue weighted by Gasteiger charge is -2.56. The molecule has 12 nitrogen and oxygen atoms in total. The molecule has 4 fully saturated rings. The van der Waals surface area contributed by atoms with Gasteiger partial charge in [0.25, 0.3) is 5.88 Å². The van der Waals surface area contributed by atoms with Crippen LogP contribution in [-0.2, 0) is 4.74 Å². The van der Waals surface area contributed by atoms with E-state index in [0.717, 1.165) is 58.3 Å². The summed E-state index contributed by atoms with van der Waals surface area (Å²) in [6.07, 6.45) is 7.92. The predicted octanol–water partition coefficient (Wildman–Crippen LogP) is 5.24. The Kier molecular flexibility index (Phi) is 7.85.